The summed E-state index contributed by atoms with van der Waals surface area (Å²) in [7, 11) is 2.05. The molecular weight excluding hydrogens is 258 g/mol. The van der Waals surface area contributed by atoms with Crippen molar-refractivity contribution in [1.82, 2.24) is 19.4 Å². The molecule has 5 nitrogen and oxygen atoms in total. The third kappa shape index (κ3) is 3.75. The molecule has 19 heavy (non-hydrogen) atoms. The van der Waals surface area contributed by atoms with Crippen molar-refractivity contribution < 1.29 is 0 Å². The van der Waals surface area contributed by atoms with Gasteiger partial charge < -0.3 is 15.2 Å². The van der Waals surface area contributed by atoms with Crippen LogP contribution in [0.4, 0.5) is 0 Å². The number of rotatable bonds is 5. The molecule has 1 unspecified atom stereocenters. The fourth-order valence-corrected chi connectivity index (χ4v) is 2.60. The molecule has 1 aromatic heterocycles. The number of hydrogen-bond acceptors (Lipinski definition) is 4. The highest BCUT2D eigenvalue weighted by Crippen LogP contribution is 2.07. The van der Waals surface area contributed by atoms with Crippen LogP contribution in [0.3, 0.4) is 0 Å². The number of aromatic nitrogens is 2. The molecule has 2 rings (SSSR count). The molecule has 1 fully saturated rings. The predicted molar refractivity (Wildman–Crippen MR) is 81.2 cm³/mol. The van der Waals surface area contributed by atoms with Crippen LogP contribution in [0.25, 0.3) is 0 Å². The van der Waals surface area contributed by atoms with E-state index in [0.717, 1.165) is 45.0 Å². The zero-order chi connectivity index (χ0) is 13.8. The summed E-state index contributed by atoms with van der Waals surface area (Å²) in [4.78, 5) is 9.80. The van der Waals surface area contributed by atoms with E-state index < -0.39 is 0 Å². The minimum Gasteiger partial charge on any atom is -0.392 e. The lowest BCUT2D eigenvalue weighted by Crippen LogP contribution is -2.52. The SMILES string of the molecule is CC(C(N)=S)N1CCN(CCc2nccn2C)CC1. The lowest BCUT2D eigenvalue weighted by atomic mass is 10.2. The average Bonchev–Trinajstić information content (AvgIpc) is 2.81. The summed E-state index contributed by atoms with van der Waals surface area (Å²) in [5, 5.41) is 0. The Morgan fingerprint density at radius 2 is 2.11 bits per heavy atom. The second-order valence-corrected chi connectivity index (χ2v) is 5.63. The second kappa shape index (κ2) is 6.45. The molecule has 0 aromatic carbocycles. The molecule has 1 saturated heterocycles. The van der Waals surface area contributed by atoms with Crippen LogP contribution in [0.15, 0.2) is 12.4 Å². The highest BCUT2D eigenvalue weighted by molar-refractivity contribution is 7.80. The van der Waals surface area contributed by atoms with Gasteiger partial charge in [-0.05, 0) is 6.92 Å². The van der Waals surface area contributed by atoms with E-state index in [2.05, 4.69) is 26.3 Å². The van der Waals surface area contributed by atoms with Crippen molar-refractivity contribution in [2.24, 2.45) is 12.8 Å². The first-order valence-corrected chi connectivity index (χ1v) is 7.20. The van der Waals surface area contributed by atoms with Crippen LogP contribution in [-0.4, -0.2) is 63.1 Å². The van der Waals surface area contributed by atoms with Crippen molar-refractivity contribution in [3.05, 3.63) is 18.2 Å². The van der Waals surface area contributed by atoms with Crippen molar-refractivity contribution >= 4 is 17.2 Å². The van der Waals surface area contributed by atoms with Gasteiger partial charge in [0, 0.05) is 58.6 Å². The Labute approximate surface area is 120 Å². The molecule has 0 bridgehead atoms. The maximum absolute atomic E-state index is 5.71. The Kier molecular flexibility index (Phi) is 4.90. The van der Waals surface area contributed by atoms with E-state index in [1.807, 2.05) is 19.4 Å². The first-order chi connectivity index (χ1) is 9.08. The van der Waals surface area contributed by atoms with E-state index >= 15 is 0 Å². The third-order valence-corrected chi connectivity index (χ3v) is 4.28. The van der Waals surface area contributed by atoms with Gasteiger partial charge in [0.1, 0.15) is 5.82 Å². The van der Waals surface area contributed by atoms with Crippen LogP contribution in [0.1, 0.15) is 12.7 Å². The minimum atomic E-state index is 0.215. The van der Waals surface area contributed by atoms with Gasteiger partial charge in [0.25, 0.3) is 0 Å². The van der Waals surface area contributed by atoms with E-state index in [0.29, 0.717) is 4.99 Å². The average molecular weight is 281 g/mol. The Balaban J connectivity index is 1.75. The van der Waals surface area contributed by atoms with Gasteiger partial charge in [-0.25, -0.2) is 4.98 Å². The summed E-state index contributed by atoms with van der Waals surface area (Å²) in [6, 6.07) is 0.215. The van der Waals surface area contributed by atoms with E-state index in [4.69, 9.17) is 18.0 Å². The lowest BCUT2D eigenvalue weighted by Gasteiger charge is -2.37. The molecule has 1 aliphatic rings. The highest BCUT2D eigenvalue weighted by atomic mass is 32.1. The topological polar surface area (TPSA) is 50.3 Å². The molecular formula is C13H23N5S. The van der Waals surface area contributed by atoms with Crippen LogP contribution in [0, 0.1) is 0 Å². The van der Waals surface area contributed by atoms with Crippen molar-refractivity contribution in [2.75, 3.05) is 32.7 Å². The third-order valence-electron chi connectivity index (χ3n) is 3.94. The summed E-state index contributed by atoms with van der Waals surface area (Å²) in [6.45, 7) is 7.40. The molecule has 2 N–H and O–H groups in total. The molecule has 0 amide bonds. The Bertz CT molecular complexity index is 422. The van der Waals surface area contributed by atoms with Crippen LogP contribution < -0.4 is 5.73 Å². The minimum absolute atomic E-state index is 0.215. The summed E-state index contributed by atoms with van der Waals surface area (Å²) >= 11 is 5.06. The van der Waals surface area contributed by atoms with Gasteiger partial charge in [-0.1, -0.05) is 12.2 Å². The molecule has 0 aliphatic carbocycles. The summed E-state index contributed by atoms with van der Waals surface area (Å²) in [6.07, 6.45) is 4.86. The fourth-order valence-electron chi connectivity index (χ4n) is 2.45. The maximum atomic E-state index is 5.71. The standard InChI is InChI=1S/C13H23N5S/c1-11(13(14)19)18-9-7-17(8-10-18)5-3-12-15-4-6-16(12)2/h4,6,11H,3,5,7-10H2,1-2H3,(H2,14,19). The van der Waals surface area contributed by atoms with Gasteiger partial charge in [-0.2, -0.15) is 0 Å². The number of nitrogens with zero attached hydrogens (tertiary/aromatic N) is 4. The maximum Gasteiger partial charge on any atom is 0.109 e. The Hall–Kier alpha value is -0.980. The van der Waals surface area contributed by atoms with Crippen LogP contribution in [-0.2, 0) is 13.5 Å². The predicted octanol–water partition coefficient (Wildman–Crippen LogP) is 0.255. The molecule has 1 aromatic rings. The molecule has 1 atom stereocenters. The van der Waals surface area contributed by atoms with Crippen molar-refractivity contribution in [3.63, 3.8) is 0 Å². The monoisotopic (exact) mass is 281 g/mol. The molecule has 0 saturated carbocycles. The molecule has 1 aliphatic heterocycles. The van der Waals surface area contributed by atoms with E-state index in [-0.39, 0.29) is 6.04 Å². The van der Waals surface area contributed by atoms with Crippen molar-refractivity contribution in [3.8, 4) is 0 Å². The van der Waals surface area contributed by atoms with Gasteiger partial charge in [0.15, 0.2) is 0 Å². The van der Waals surface area contributed by atoms with Gasteiger partial charge in [-0.15, -0.1) is 0 Å². The Morgan fingerprint density at radius 1 is 1.42 bits per heavy atom. The zero-order valence-corrected chi connectivity index (χ0v) is 12.6. The number of aryl methyl sites for hydroxylation is 1. The summed E-state index contributed by atoms with van der Waals surface area (Å²) in [5.74, 6) is 1.15. The number of thiocarbonyl (C=S) groups is 1. The summed E-state index contributed by atoms with van der Waals surface area (Å²) < 4.78 is 2.09. The second-order valence-electron chi connectivity index (χ2n) is 5.16. The van der Waals surface area contributed by atoms with Crippen molar-refractivity contribution in [2.45, 2.75) is 19.4 Å². The van der Waals surface area contributed by atoms with Gasteiger partial charge in [0.2, 0.25) is 0 Å². The number of piperazine rings is 1. The van der Waals surface area contributed by atoms with E-state index in [1.165, 1.54) is 0 Å². The van der Waals surface area contributed by atoms with E-state index in [9.17, 15) is 0 Å². The van der Waals surface area contributed by atoms with Gasteiger partial charge in [0.05, 0.1) is 11.0 Å². The number of hydrogen-bond donors (Lipinski definition) is 1. The van der Waals surface area contributed by atoms with Crippen LogP contribution in [0.2, 0.25) is 0 Å². The lowest BCUT2D eigenvalue weighted by molar-refractivity contribution is 0.123. The molecule has 106 valence electrons. The number of nitrogens with two attached hydrogens (primary N) is 1. The van der Waals surface area contributed by atoms with Crippen LogP contribution in [0.5, 0.6) is 0 Å². The smallest absolute Gasteiger partial charge is 0.109 e. The fraction of sp³-hybridized carbons (Fsp3) is 0.692. The molecule has 0 spiro atoms. The first kappa shape index (κ1) is 14.4. The highest BCUT2D eigenvalue weighted by Gasteiger charge is 2.22. The normalized spacial score (nSPS) is 19.5. The molecule has 0 radical (unpaired) electrons. The van der Waals surface area contributed by atoms with Gasteiger partial charge in [-0.3, -0.25) is 4.90 Å². The van der Waals surface area contributed by atoms with Crippen molar-refractivity contribution in [1.29, 1.82) is 0 Å². The van der Waals surface area contributed by atoms with Crippen LogP contribution >= 0.6 is 12.2 Å². The molecule has 2 heterocycles. The Morgan fingerprint density at radius 3 is 2.63 bits per heavy atom. The quantitative estimate of drug-likeness (QED) is 0.784. The summed E-state index contributed by atoms with van der Waals surface area (Å²) in [5.41, 5.74) is 5.71. The largest absolute Gasteiger partial charge is 0.392 e. The first-order valence-electron chi connectivity index (χ1n) is 6.80. The van der Waals surface area contributed by atoms with E-state index in [1.54, 1.807) is 0 Å². The zero-order valence-electron chi connectivity index (χ0n) is 11.7. The van der Waals surface area contributed by atoms with Gasteiger partial charge >= 0.3 is 0 Å². The molecule has 6 heteroatoms. The number of imidazole rings is 1.